The summed E-state index contributed by atoms with van der Waals surface area (Å²) in [6, 6.07) is 7.30. The molecule has 3 N–H and O–H groups in total. The van der Waals surface area contributed by atoms with Gasteiger partial charge in [-0.25, -0.2) is 4.98 Å². The average molecular weight is 279 g/mol. The van der Waals surface area contributed by atoms with E-state index in [1.807, 2.05) is 24.3 Å². The molecule has 1 aromatic carbocycles. The van der Waals surface area contributed by atoms with Gasteiger partial charge in [0.1, 0.15) is 6.04 Å². The first-order valence-corrected chi connectivity index (χ1v) is 7.19. The molecule has 0 aliphatic heterocycles. The number of rotatable bonds is 6. The van der Waals surface area contributed by atoms with E-state index in [4.69, 9.17) is 10.5 Å². The fourth-order valence-corrected chi connectivity index (χ4v) is 2.56. The molecule has 0 saturated heterocycles. The van der Waals surface area contributed by atoms with Crippen LogP contribution in [0.3, 0.4) is 0 Å². The molecule has 0 bridgehead atoms. The van der Waals surface area contributed by atoms with E-state index in [0.29, 0.717) is 13.0 Å². The Morgan fingerprint density at radius 1 is 1.53 bits per heavy atom. The summed E-state index contributed by atoms with van der Waals surface area (Å²) < 4.78 is 4.86. The Labute approximate surface area is 115 Å². The van der Waals surface area contributed by atoms with Gasteiger partial charge in [-0.15, -0.1) is 0 Å². The highest BCUT2D eigenvalue weighted by Crippen LogP contribution is 2.20. The number of nitrogens with one attached hydrogen (secondary N) is 1. The molecule has 2 aromatic rings. The van der Waals surface area contributed by atoms with Crippen molar-refractivity contribution >= 4 is 28.8 Å². The molecule has 1 heterocycles. The van der Waals surface area contributed by atoms with E-state index in [1.54, 1.807) is 18.7 Å². The molecule has 0 radical (unpaired) electrons. The Morgan fingerprint density at radius 2 is 2.32 bits per heavy atom. The zero-order valence-corrected chi connectivity index (χ0v) is 11.6. The molecule has 0 fully saturated rings. The van der Waals surface area contributed by atoms with E-state index in [2.05, 4.69) is 9.97 Å². The number of hydrogen-bond donors (Lipinski definition) is 2. The summed E-state index contributed by atoms with van der Waals surface area (Å²) in [5.41, 5.74) is 7.68. The van der Waals surface area contributed by atoms with Crippen molar-refractivity contribution in [2.24, 2.45) is 5.73 Å². The van der Waals surface area contributed by atoms with E-state index in [0.717, 1.165) is 21.9 Å². The van der Waals surface area contributed by atoms with Gasteiger partial charge in [-0.05, 0) is 25.5 Å². The average Bonchev–Trinajstić information content (AvgIpc) is 2.81. The van der Waals surface area contributed by atoms with Gasteiger partial charge in [0.25, 0.3) is 0 Å². The van der Waals surface area contributed by atoms with Crippen molar-refractivity contribution in [3.8, 4) is 0 Å². The minimum absolute atomic E-state index is 0.340. The van der Waals surface area contributed by atoms with Crippen LogP contribution in [0.4, 0.5) is 0 Å². The van der Waals surface area contributed by atoms with Crippen LogP contribution in [-0.4, -0.2) is 34.3 Å². The van der Waals surface area contributed by atoms with E-state index in [1.165, 1.54) is 0 Å². The first-order valence-electron chi connectivity index (χ1n) is 6.20. The lowest BCUT2D eigenvalue weighted by atomic mass is 10.2. The molecule has 0 aliphatic carbocycles. The number of esters is 1. The summed E-state index contributed by atoms with van der Waals surface area (Å²) in [6.45, 7) is 2.14. The highest BCUT2D eigenvalue weighted by atomic mass is 32.2. The Morgan fingerprint density at radius 3 is 3.05 bits per heavy atom. The molecule has 6 heteroatoms. The fourth-order valence-electron chi connectivity index (χ4n) is 1.65. The number of aromatic nitrogens is 2. The Bertz CT molecular complexity index is 523. The zero-order valence-electron chi connectivity index (χ0n) is 10.8. The molecule has 5 nitrogen and oxygen atoms in total. The van der Waals surface area contributed by atoms with Crippen molar-refractivity contribution in [1.29, 1.82) is 0 Å². The summed E-state index contributed by atoms with van der Waals surface area (Å²) >= 11 is 1.56. The fraction of sp³-hybridized carbons (Fsp3) is 0.385. The number of ether oxygens (including phenoxy) is 1. The second kappa shape index (κ2) is 6.58. The van der Waals surface area contributed by atoms with Crippen LogP contribution in [-0.2, 0) is 9.53 Å². The zero-order chi connectivity index (χ0) is 13.7. The third-order valence-electron chi connectivity index (χ3n) is 2.62. The van der Waals surface area contributed by atoms with E-state index < -0.39 is 6.04 Å². The Kier molecular flexibility index (Phi) is 4.81. The SMILES string of the molecule is CCOC(=O)C(N)CCSc1nc2ccccc2[nH]1. The largest absolute Gasteiger partial charge is 0.465 e. The summed E-state index contributed by atoms with van der Waals surface area (Å²) in [5.74, 6) is 0.382. The van der Waals surface area contributed by atoms with E-state index >= 15 is 0 Å². The van der Waals surface area contributed by atoms with Gasteiger partial charge in [0, 0.05) is 5.75 Å². The first-order chi connectivity index (χ1) is 9.20. The normalized spacial score (nSPS) is 12.5. The van der Waals surface area contributed by atoms with Gasteiger partial charge in [0.05, 0.1) is 17.6 Å². The summed E-state index contributed by atoms with van der Waals surface area (Å²) in [5, 5.41) is 0.845. The number of nitrogens with zero attached hydrogens (tertiary/aromatic N) is 1. The number of nitrogens with two attached hydrogens (primary N) is 1. The van der Waals surface area contributed by atoms with Crippen LogP contribution < -0.4 is 5.73 Å². The molecule has 0 aliphatic rings. The van der Waals surface area contributed by atoms with Gasteiger partial charge >= 0.3 is 5.97 Å². The van der Waals surface area contributed by atoms with Crippen molar-refractivity contribution in [1.82, 2.24) is 9.97 Å². The Balaban J connectivity index is 1.84. The first kappa shape index (κ1) is 13.9. The maximum atomic E-state index is 11.3. The maximum Gasteiger partial charge on any atom is 0.322 e. The maximum absolute atomic E-state index is 11.3. The van der Waals surface area contributed by atoms with Crippen molar-refractivity contribution in [3.63, 3.8) is 0 Å². The quantitative estimate of drug-likeness (QED) is 0.624. The lowest BCUT2D eigenvalue weighted by molar-refractivity contribution is -0.144. The van der Waals surface area contributed by atoms with E-state index in [-0.39, 0.29) is 5.97 Å². The lowest BCUT2D eigenvalue weighted by Gasteiger charge is -2.09. The molecule has 0 amide bonds. The van der Waals surface area contributed by atoms with Crippen LogP contribution in [0.25, 0.3) is 11.0 Å². The van der Waals surface area contributed by atoms with Crippen molar-refractivity contribution in [3.05, 3.63) is 24.3 Å². The number of para-hydroxylation sites is 2. The molecule has 1 aromatic heterocycles. The number of H-pyrrole nitrogens is 1. The molecule has 1 unspecified atom stereocenters. The smallest absolute Gasteiger partial charge is 0.322 e. The van der Waals surface area contributed by atoms with Gasteiger partial charge in [-0.3, -0.25) is 4.79 Å². The molecular formula is C13H17N3O2S. The third-order valence-corrected chi connectivity index (χ3v) is 3.53. The molecule has 2 rings (SSSR count). The topological polar surface area (TPSA) is 81.0 Å². The van der Waals surface area contributed by atoms with Crippen LogP contribution >= 0.6 is 11.8 Å². The minimum Gasteiger partial charge on any atom is -0.465 e. The highest BCUT2D eigenvalue weighted by Gasteiger charge is 2.14. The number of imidazole rings is 1. The summed E-state index contributed by atoms with van der Waals surface area (Å²) in [6.07, 6.45) is 0.570. The number of carbonyl (C=O) groups is 1. The number of fused-ring (bicyclic) bond motifs is 1. The van der Waals surface area contributed by atoms with Crippen molar-refractivity contribution < 1.29 is 9.53 Å². The minimum atomic E-state index is -0.558. The molecule has 1 atom stereocenters. The van der Waals surface area contributed by atoms with Crippen LogP contribution in [0.15, 0.2) is 29.4 Å². The number of benzene rings is 1. The molecule has 0 spiro atoms. The van der Waals surface area contributed by atoms with Crippen LogP contribution in [0.5, 0.6) is 0 Å². The number of aromatic amines is 1. The third kappa shape index (κ3) is 3.71. The highest BCUT2D eigenvalue weighted by molar-refractivity contribution is 7.99. The van der Waals surface area contributed by atoms with Crippen molar-refractivity contribution in [2.45, 2.75) is 24.5 Å². The summed E-state index contributed by atoms with van der Waals surface area (Å²) in [7, 11) is 0. The monoisotopic (exact) mass is 279 g/mol. The van der Waals surface area contributed by atoms with Gasteiger partial charge in [0.15, 0.2) is 5.16 Å². The van der Waals surface area contributed by atoms with Gasteiger partial charge in [0.2, 0.25) is 0 Å². The lowest BCUT2D eigenvalue weighted by Crippen LogP contribution is -2.32. The van der Waals surface area contributed by atoms with Crippen molar-refractivity contribution in [2.75, 3.05) is 12.4 Å². The number of thioether (sulfide) groups is 1. The molecule has 19 heavy (non-hydrogen) atoms. The van der Waals surface area contributed by atoms with Crippen LogP contribution in [0, 0.1) is 0 Å². The number of carbonyl (C=O) groups excluding carboxylic acids is 1. The predicted octanol–water partition coefficient (Wildman–Crippen LogP) is 1.94. The molecule has 0 saturated carbocycles. The van der Waals surface area contributed by atoms with E-state index in [9.17, 15) is 4.79 Å². The number of hydrogen-bond acceptors (Lipinski definition) is 5. The molecular weight excluding hydrogens is 262 g/mol. The molecule has 102 valence electrons. The second-order valence-corrected chi connectivity index (χ2v) is 5.14. The van der Waals surface area contributed by atoms with Gasteiger partial charge < -0.3 is 15.5 Å². The second-order valence-electron chi connectivity index (χ2n) is 4.05. The Hall–Kier alpha value is -1.53. The van der Waals surface area contributed by atoms with Gasteiger partial charge in [-0.2, -0.15) is 0 Å². The van der Waals surface area contributed by atoms with Crippen LogP contribution in [0.2, 0.25) is 0 Å². The van der Waals surface area contributed by atoms with Crippen LogP contribution in [0.1, 0.15) is 13.3 Å². The standard InChI is InChI=1S/C13H17N3O2S/c1-2-18-12(17)9(14)7-8-19-13-15-10-5-3-4-6-11(10)16-13/h3-6,9H,2,7-8,14H2,1H3,(H,15,16). The predicted molar refractivity (Wildman–Crippen MR) is 76.0 cm³/mol. The summed E-state index contributed by atoms with van der Waals surface area (Å²) in [4.78, 5) is 19.0. The van der Waals surface area contributed by atoms with Gasteiger partial charge in [-0.1, -0.05) is 23.9 Å².